The third-order valence-corrected chi connectivity index (χ3v) is 8.85. The monoisotopic (exact) mass is 536 g/mol. The molecule has 0 spiro atoms. The van der Waals surface area contributed by atoms with Gasteiger partial charge in [-0.2, -0.15) is 5.01 Å². The highest BCUT2D eigenvalue weighted by atomic mass is 16.5. The van der Waals surface area contributed by atoms with Gasteiger partial charge in [-0.05, 0) is 49.4 Å². The molecule has 6 heterocycles. The van der Waals surface area contributed by atoms with Gasteiger partial charge in [0.2, 0.25) is 11.8 Å². The number of anilines is 1. The highest BCUT2D eigenvalue weighted by Crippen LogP contribution is 2.34. The number of amides is 3. The number of allylic oxidation sites excluding steroid dienone is 1. The average Bonchev–Trinajstić information content (AvgIpc) is 3.37. The zero-order chi connectivity index (χ0) is 26.7. The molecule has 6 aliphatic heterocycles. The number of ether oxygens (including phenoxy) is 1. The second kappa shape index (κ2) is 9.86. The lowest BCUT2D eigenvalue weighted by molar-refractivity contribution is -0.176. The zero-order valence-corrected chi connectivity index (χ0v) is 22.1. The Kier molecular flexibility index (Phi) is 6.31. The van der Waals surface area contributed by atoms with Crippen molar-refractivity contribution in [3.8, 4) is 0 Å². The molecule has 0 aliphatic carbocycles. The zero-order valence-electron chi connectivity index (χ0n) is 22.1. The summed E-state index contributed by atoms with van der Waals surface area (Å²) in [7, 11) is 1.81. The molecular formula is C27H36N8O4. The van der Waals surface area contributed by atoms with Crippen LogP contribution in [0.1, 0.15) is 41.6 Å². The summed E-state index contributed by atoms with van der Waals surface area (Å²) in [5.41, 5.74) is 2.66. The van der Waals surface area contributed by atoms with Crippen LogP contribution in [0.15, 0.2) is 30.4 Å². The largest absolute Gasteiger partial charge is 0.365 e. The number of nitrogens with zero attached hydrogens (tertiary/aromatic N) is 4. The molecule has 208 valence electrons. The minimum absolute atomic E-state index is 0.0177. The third kappa shape index (κ3) is 4.30. The summed E-state index contributed by atoms with van der Waals surface area (Å²) in [6.45, 7) is 2.48. The predicted molar refractivity (Wildman–Crippen MR) is 141 cm³/mol. The van der Waals surface area contributed by atoms with Crippen LogP contribution < -0.4 is 21.3 Å². The molecule has 6 unspecified atom stereocenters. The number of hydrazine groups is 1. The molecule has 6 atom stereocenters. The molecule has 0 saturated carbocycles. The molecule has 39 heavy (non-hydrogen) atoms. The number of hydrogen-bond acceptors (Lipinski definition) is 9. The van der Waals surface area contributed by atoms with Crippen molar-refractivity contribution in [1.29, 1.82) is 0 Å². The lowest BCUT2D eigenvalue weighted by Crippen LogP contribution is -2.72. The molecule has 7 rings (SSSR count). The van der Waals surface area contributed by atoms with Crippen LogP contribution in [0.3, 0.4) is 0 Å². The molecule has 0 aromatic heterocycles. The standard InChI is InChI=1S/C27H36N8O4/c1-32-14-16-12-17(6-7-18(16)25(32)37)29-27-28-13-19-23(31-27)35-21-9-8-20-24(30-21)33(22(36)15-39-20)10-4-2-3-5-11-34(35)26(19)38/h3,5-7,12,19-21,23-24,27-31H,2,4,8-11,13-15H2,1H3/b5-3-. The number of carbonyl (C=O) groups excluding carboxylic acids is 3. The number of rotatable bonds is 2. The van der Waals surface area contributed by atoms with Crippen molar-refractivity contribution < 1.29 is 19.1 Å². The van der Waals surface area contributed by atoms with Gasteiger partial charge in [0.25, 0.3) is 5.91 Å². The highest BCUT2D eigenvalue weighted by Gasteiger charge is 2.53. The molecule has 4 saturated heterocycles. The molecule has 0 radical (unpaired) electrons. The fourth-order valence-corrected chi connectivity index (χ4v) is 6.90. The molecule has 4 fully saturated rings. The Bertz CT molecular complexity index is 1210. The fourth-order valence-electron chi connectivity index (χ4n) is 6.90. The van der Waals surface area contributed by atoms with Crippen LogP contribution in [0.25, 0.3) is 0 Å². The second-order valence-electron chi connectivity index (χ2n) is 11.3. The Balaban J connectivity index is 1.13. The molecule has 12 nitrogen and oxygen atoms in total. The molecule has 12 heteroatoms. The van der Waals surface area contributed by atoms with Gasteiger partial charge in [0.15, 0.2) is 0 Å². The quantitative estimate of drug-likeness (QED) is 0.380. The molecule has 1 aromatic carbocycles. The number of morpholine rings is 1. The van der Waals surface area contributed by atoms with E-state index < -0.39 is 0 Å². The van der Waals surface area contributed by atoms with Gasteiger partial charge in [-0.15, -0.1) is 0 Å². The highest BCUT2D eigenvalue weighted by molar-refractivity contribution is 5.98. The molecule has 1 aromatic rings. The fraction of sp³-hybridized carbons (Fsp3) is 0.593. The number of piperidine rings is 1. The van der Waals surface area contributed by atoms with Gasteiger partial charge in [0.05, 0.1) is 30.9 Å². The van der Waals surface area contributed by atoms with Gasteiger partial charge in [-0.3, -0.25) is 35.3 Å². The first-order valence-corrected chi connectivity index (χ1v) is 14.0. The van der Waals surface area contributed by atoms with E-state index in [1.54, 1.807) is 4.90 Å². The summed E-state index contributed by atoms with van der Waals surface area (Å²) < 4.78 is 5.91. The lowest BCUT2D eigenvalue weighted by Gasteiger charge is -2.50. The van der Waals surface area contributed by atoms with Crippen LogP contribution in [0.4, 0.5) is 5.69 Å². The molecule has 3 amide bonds. The summed E-state index contributed by atoms with van der Waals surface area (Å²) in [6.07, 6.45) is 6.69. The molecule has 2 bridgehead atoms. The van der Waals surface area contributed by atoms with Gasteiger partial charge < -0.3 is 19.9 Å². The van der Waals surface area contributed by atoms with Crippen LogP contribution >= 0.6 is 0 Å². The van der Waals surface area contributed by atoms with Gasteiger partial charge in [-0.25, -0.2) is 0 Å². The van der Waals surface area contributed by atoms with Crippen molar-refractivity contribution in [2.45, 2.75) is 63.1 Å². The summed E-state index contributed by atoms with van der Waals surface area (Å²) in [4.78, 5) is 42.4. The van der Waals surface area contributed by atoms with Gasteiger partial charge in [0.1, 0.15) is 19.1 Å². The third-order valence-electron chi connectivity index (χ3n) is 8.85. The Hall–Kier alpha value is -3.03. The van der Waals surface area contributed by atoms with E-state index in [9.17, 15) is 14.4 Å². The number of carbonyl (C=O) groups is 3. The lowest BCUT2D eigenvalue weighted by atomic mass is 9.99. The molecule has 4 N–H and O–H groups in total. The molecule has 6 aliphatic rings. The first-order chi connectivity index (χ1) is 19.0. The van der Waals surface area contributed by atoms with Crippen LogP contribution in [0.2, 0.25) is 0 Å². The first-order valence-electron chi connectivity index (χ1n) is 14.0. The van der Waals surface area contributed by atoms with Crippen molar-refractivity contribution >= 4 is 23.4 Å². The van der Waals surface area contributed by atoms with E-state index in [0.29, 0.717) is 26.2 Å². The summed E-state index contributed by atoms with van der Waals surface area (Å²) >= 11 is 0. The van der Waals surface area contributed by atoms with E-state index in [4.69, 9.17) is 4.74 Å². The average molecular weight is 537 g/mol. The van der Waals surface area contributed by atoms with E-state index >= 15 is 0 Å². The second-order valence-corrected chi connectivity index (χ2v) is 11.3. The maximum Gasteiger partial charge on any atom is 0.254 e. The van der Waals surface area contributed by atoms with E-state index in [1.807, 2.05) is 35.2 Å². The predicted octanol–water partition coefficient (Wildman–Crippen LogP) is -0.225. The van der Waals surface area contributed by atoms with Gasteiger partial charge >= 0.3 is 0 Å². The van der Waals surface area contributed by atoms with E-state index in [-0.39, 0.29) is 61.1 Å². The van der Waals surface area contributed by atoms with Crippen molar-refractivity contribution in [2.24, 2.45) is 5.92 Å². The number of hydrogen-bond donors (Lipinski definition) is 4. The topological polar surface area (TPSA) is 122 Å². The first kappa shape index (κ1) is 25.0. The normalized spacial score (nSPS) is 35.6. The van der Waals surface area contributed by atoms with Crippen LogP contribution in [0.5, 0.6) is 0 Å². The molecular weight excluding hydrogens is 500 g/mol. The van der Waals surface area contributed by atoms with Crippen molar-refractivity contribution in [3.05, 3.63) is 41.5 Å². The SMILES string of the molecule is CN1Cc2cc(NC3NCC4C(=O)N5C/C=C\CCCN6C(=O)COC7CCC(NC76)N5C4N3)ccc2C1=O. The van der Waals surface area contributed by atoms with Crippen molar-refractivity contribution in [2.75, 3.05) is 38.6 Å². The van der Waals surface area contributed by atoms with E-state index in [2.05, 4.69) is 38.4 Å². The minimum Gasteiger partial charge on any atom is -0.365 e. The number of nitrogens with one attached hydrogen (secondary N) is 4. The maximum absolute atomic E-state index is 13.7. The Labute approximate surface area is 227 Å². The summed E-state index contributed by atoms with van der Waals surface area (Å²) in [5.74, 6) is -0.0824. The summed E-state index contributed by atoms with van der Waals surface area (Å²) in [6, 6.07) is 5.83. The van der Waals surface area contributed by atoms with Crippen LogP contribution in [-0.2, 0) is 20.9 Å². The maximum atomic E-state index is 13.7. The summed E-state index contributed by atoms with van der Waals surface area (Å²) in [5, 5.41) is 18.3. The van der Waals surface area contributed by atoms with Gasteiger partial charge in [-0.1, -0.05) is 12.2 Å². The van der Waals surface area contributed by atoms with E-state index in [1.165, 1.54) is 0 Å². The minimum atomic E-state index is -0.267. The number of fused-ring (bicyclic) bond motifs is 6. The van der Waals surface area contributed by atoms with E-state index in [0.717, 1.165) is 42.5 Å². The Morgan fingerprint density at radius 1 is 1.08 bits per heavy atom. The smallest absolute Gasteiger partial charge is 0.254 e. The van der Waals surface area contributed by atoms with Crippen LogP contribution in [-0.4, -0.2) is 102 Å². The van der Waals surface area contributed by atoms with Crippen LogP contribution in [0, 0.1) is 5.92 Å². The van der Waals surface area contributed by atoms with Crippen molar-refractivity contribution in [3.63, 3.8) is 0 Å². The Morgan fingerprint density at radius 3 is 2.87 bits per heavy atom. The van der Waals surface area contributed by atoms with Crippen molar-refractivity contribution in [1.82, 2.24) is 35.8 Å². The Morgan fingerprint density at radius 2 is 1.97 bits per heavy atom. The van der Waals surface area contributed by atoms with Gasteiger partial charge in [0, 0.05) is 37.9 Å². The number of benzene rings is 1.